The van der Waals surface area contributed by atoms with Crippen molar-refractivity contribution in [2.45, 2.75) is 33.4 Å². The second kappa shape index (κ2) is 8.23. The topological polar surface area (TPSA) is 57.6 Å². The van der Waals surface area contributed by atoms with E-state index in [9.17, 15) is 14.7 Å². The van der Waals surface area contributed by atoms with Gasteiger partial charge in [-0.3, -0.25) is 9.59 Å². The smallest absolute Gasteiger partial charge is 0.295 e. The van der Waals surface area contributed by atoms with Crippen LogP contribution in [0.5, 0.6) is 0 Å². The summed E-state index contributed by atoms with van der Waals surface area (Å²) in [5.74, 6) is -1.37. The van der Waals surface area contributed by atoms with Gasteiger partial charge in [-0.2, -0.15) is 0 Å². The minimum Gasteiger partial charge on any atom is -0.507 e. The standard InChI is InChI=1S/C27H25NO3/c1-17-10-13-21(14-11-17)24-23(25(29)22-15-18(2)9-12-19(22)3)26(30)27(31)28(24)16-20-7-5-4-6-8-20/h4-15,24,29H,16H2,1-3H3/b25-23+. The number of carbonyl (C=O) groups is 2. The number of aryl methyl sites for hydroxylation is 3. The van der Waals surface area contributed by atoms with Crippen molar-refractivity contribution in [1.82, 2.24) is 4.90 Å². The van der Waals surface area contributed by atoms with E-state index in [0.717, 1.165) is 27.8 Å². The van der Waals surface area contributed by atoms with E-state index in [1.165, 1.54) is 0 Å². The van der Waals surface area contributed by atoms with E-state index in [-0.39, 0.29) is 17.9 Å². The molecule has 1 aliphatic heterocycles. The quantitative estimate of drug-likeness (QED) is 0.363. The van der Waals surface area contributed by atoms with Gasteiger partial charge in [0.05, 0.1) is 11.6 Å². The van der Waals surface area contributed by atoms with Gasteiger partial charge in [0.15, 0.2) is 0 Å². The largest absolute Gasteiger partial charge is 0.507 e. The molecule has 4 nitrogen and oxygen atoms in total. The molecule has 0 aliphatic carbocycles. The zero-order valence-electron chi connectivity index (χ0n) is 17.9. The van der Waals surface area contributed by atoms with Crippen LogP contribution in [0.2, 0.25) is 0 Å². The SMILES string of the molecule is Cc1ccc(C2/C(=C(\O)c3cc(C)ccc3C)C(=O)C(=O)N2Cc2ccccc2)cc1. The van der Waals surface area contributed by atoms with E-state index in [0.29, 0.717) is 5.56 Å². The van der Waals surface area contributed by atoms with Crippen LogP contribution in [0.15, 0.2) is 78.4 Å². The number of carbonyl (C=O) groups excluding carboxylic acids is 2. The molecule has 0 aromatic heterocycles. The molecule has 1 aliphatic rings. The predicted octanol–water partition coefficient (Wildman–Crippen LogP) is 5.23. The summed E-state index contributed by atoms with van der Waals surface area (Å²) in [6.07, 6.45) is 0. The molecule has 0 bridgehead atoms. The van der Waals surface area contributed by atoms with E-state index in [1.807, 2.05) is 93.6 Å². The average molecular weight is 412 g/mol. The van der Waals surface area contributed by atoms with E-state index < -0.39 is 17.7 Å². The molecule has 4 heteroatoms. The van der Waals surface area contributed by atoms with Crippen molar-refractivity contribution in [3.63, 3.8) is 0 Å². The summed E-state index contributed by atoms with van der Waals surface area (Å²) in [6, 6.07) is 22.4. The number of hydrogen-bond acceptors (Lipinski definition) is 3. The van der Waals surface area contributed by atoms with Crippen molar-refractivity contribution in [3.8, 4) is 0 Å². The van der Waals surface area contributed by atoms with Gasteiger partial charge >= 0.3 is 0 Å². The molecule has 1 unspecified atom stereocenters. The molecule has 4 rings (SSSR count). The van der Waals surface area contributed by atoms with Crippen molar-refractivity contribution < 1.29 is 14.7 Å². The number of aliphatic hydroxyl groups excluding tert-OH is 1. The Hall–Kier alpha value is -3.66. The molecule has 156 valence electrons. The molecule has 1 atom stereocenters. The molecular weight excluding hydrogens is 386 g/mol. The second-order valence-corrected chi connectivity index (χ2v) is 8.14. The molecular formula is C27H25NO3. The van der Waals surface area contributed by atoms with Gasteiger partial charge in [0.25, 0.3) is 11.7 Å². The van der Waals surface area contributed by atoms with Crippen LogP contribution in [-0.2, 0) is 16.1 Å². The van der Waals surface area contributed by atoms with Gasteiger partial charge in [0.1, 0.15) is 5.76 Å². The summed E-state index contributed by atoms with van der Waals surface area (Å²) >= 11 is 0. The first kappa shape index (κ1) is 20.6. The minimum absolute atomic E-state index is 0.124. The van der Waals surface area contributed by atoms with Crippen molar-refractivity contribution in [1.29, 1.82) is 0 Å². The maximum Gasteiger partial charge on any atom is 0.295 e. The molecule has 3 aromatic carbocycles. The van der Waals surface area contributed by atoms with Gasteiger partial charge in [-0.1, -0.05) is 77.9 Å². The lowest BCUT2D eigenvalue weighted by molar-refractivity contribution is -0.140. The number of aliphatic hydroxyl groups is 1. The fourth-order valence-electron chi connectivity index (χ4n) is 4.05. The van der Waals surface area contributed by atoms with Crippen molar-refractivity contribution in [2.24, 2.45) is 0 Å². The van der Waals surface area contributed by atoms with Gasteiger partial charge in [-0.05, 0) is 43.5 Å². The molecule has 0 radical (unpaired) electrons. The summed E-state index contributed by atoms with van der Waals surface area (Å²) < 4.78 is 0. The highest BCUT2D eigenvalue weighted by Gasteiger charge is 2.46. The lowest BCUT2D eigenvalue weighted by atomic mass is 9.93. The fraction of sp³-hybridized carbons (Fsp3) is 0.185. The number of rotatable bonds is 4. The molecule has 1 fully saturated rings. The van der Waals surface area contributed by atoms with Crippen LogP contribution in [0.25, 0.3) is 5.76 Å². The van der Waals surface area contributed by atoms with Crippen LogP contribution in [0.1, 0.15) is 39.4 Å². The highest BCUT2D eigenvalue weighted by molar-refractivity contribution is 6.46. The van der Waals surface area contributed by atoms with E-state index in [2.05, 4.69) is 0 Å². The number of ketones is 1. The van der Waals surface area contributed by atoms with Crippen molar-refractivity contribution in [3.05, 3.63) is 112 Å². The Labute approximate surface area is 182 Å². The van der Waals surface area contributed by atoms with Crippen LogP contribution in [0, 0.1) is 20.8 Å². The molecule has 1 saturated heterocycles. The van der Waals surface area contributed by atoms with E-state index in [1.54, 1.807) is 4.90 Å². The van der Waals surface area contributed by atoms with Crippen LogP contribution in [0.4, 0.5) is 0 Å². The third kappa shape index (κ3) is 3.89. The summed E-state index contributed by atoms with van der Waals surface area (Å²) in [5.41, 5.74) is 5.34. The monoisotopic (exact) mass is 411 g/mol. The zero-order chi connectivity index (χ0) is 22.1. The Kier molecular flexibility index (Phi) is 5.47. The zero-order valence-corrected chi connectivity index (χ0v) is 17.9. The third-order valence-electron chi connectivity index (χ3n) is 5.78. The highest BCUT2D eigenvalue weighted by atomic mass is 16.3. The first-order valence-electron chi connectivity index (χ1n) is 10.3. The number of benzene rings is 3. The minimum atomic E-state index is -0.653. The number of hydrogen-bond donors (Lipinski definition) is 1. The maximum absolute atomic E-state index is 13.2. The van der Waals surface area contributed by atoms with Crippen LogP contribution < -0.4 is 0 Å². The molecule has 3 aromatic rings. The van der Waals surface area contributed by atoms with Crippen molar-refractivity contribution >= 4 is 17.4 Å². The van der Waals surface area contributed by atoms with Crippen molar-refractivity contribution in [2.75, 3.05) is 0 Å². The van der Waals surface area contributed by atoms with Crippen LogP contribution in [0.3, 0.4) is 0 Å². The highest BCUT2D eigenvalue weighted by Crippen LogP contribution is 2.40. The third-order valence-corrected chi connectivity index (χ3v) is 5.78. The summed E-state index contributed by atoms with van der Waals surface area (Å²) in [4.78, 5) is 27.8. The van der Waals surface area contributed by atoms with E-state index >= 15 is 0 Å². The van der Waals surface area contributed by atoms with Gasteiger partial charge < -0.3 is 10.0 Å². The fourth-order valence-corrected chi connectivity index (χ4v) is 4.05. The van der Waals surface area contributed by atoms with Gasteiger partial charge in [-0.25, -0.2) is 0 Å². The summed E-state index contributed by atoms with van der Waals surface area (Å²) in [7, 11) is 0. The predicted molar refractivity (Wildman–Crippen MR) is 121 cm³/mol. The average Bonchev–Trinajstić information content (AvgIpc) is 3.01. The summed E-state index contributed by atoms with van der Waals surface area (Å²) in [5, 5.41) is 11.3. The summed E-state index contributed by atoms with van der Waals surface area (Å²) in [6.45, 7) is 6.09. The van der Waals surface area contributed by atoms with E-state index in [4.69, 9.17) is 0 Å². The first-order chi connectivity index (χ1) is 14.9. The molecule has 1 amide bonds. The Balaban J connectivity index is 1.90. The molecule has 1 N–H and O–H groups in total. The lowest BCUT2D eigenvalue weighted by Gasteiger charge is -2.25. The molecule has 31 heavy (non-hydrogen) atoms. The number of likely N-dealkylation sites (tertiary alicyclic amines) is 1. The molecule has 1 heterocycles. The Morgan fingerprint density at radius 2 is 1.52 bits per heavy atom. The number of amides is 1. The second-order valence-electron chi connectivity index (χ2n) is 8.14. The number of Topliss-reactive ketones (excluding diaryl/α,β-unsaturated/α-hetero) is 1. The normalized spacial score (nSPS) is 17.9. The lowest BCUT2D eigenvalue weighted by Crippen LogP contribution is -2.29. The molecule has 0 spiro atoms. The number of nitrogens with zero attached hydrogens (tertiary/aromatic N) is 1. The maximum atomic E-state index is 13.2. The van der Waals surface area contributed by atoms with Gasteiger partial charge in [0, 0.05) is 12.1 Å². The first-order valence-corrected chi connectivity index (χ1v) is 10.3. The van der Waals surface area contributed by atoms with Crippen LogP contribution >= 0.6 is 0 Å². The Bertz CT molecular complexity index is 1180. The Morgan fingerprint density at radius 1 is 0.871 bits per heavy atom. The Morgan fingerprint density at radius 3 is 2.19 bits per heavy atom. The van der Waals surface area contributed by atoms with Gasteiger partial charge in [-0.15, -0.1) is 0 Å². The van der Waals surface area contributed by atoms with Gasteiger partial charge in [0.2, 0.25) is 0 Å². The van der Waals surface area contributed by atoms with Crippen LogP contribution in [-0.4, -0.2) is 21.7 Å². The molecule has 0 saturated carbocycles.